The van der Waals surface area contributed by atoms with Crippen LogP contribution in [0.1, 0.15) is 46.8 Å². The minimum absolute atomic E-state index is 0.227. The zero-order chi connectivity index (χ0) is 33.6. The van der Waals surface area contributed by atoms with Crippen LogP contribution in [0.3, 0.4) is 0 Å². The number of hydrogen-bond acceptors (Lipinski definition) is 8. The zero-order valence-corrected chi connectivity index (χ0v) is 27.8. The van der Waals surface area contributed by atoms with Crippen LogP contribution < -0.4 is 15.5 Å². The predicted octanol–water partition coefficient (Wildman–Crippen LogP) is 4.49. The molecule has 2 amide bonds. The van der Waals surface area contributed by atoms with Gasteiger partial charge < -0.3 is 20.3 Å². The third-order valence-electron chi connectivity index (χ3n) is 10.0. The first-order valence-corrected chi connectivity index (χ1v) is 16.8. The van der Waals surface area contributed by atoms with Crippen molar-refractivity contribution in [2.75, 3.05) is 23.4 Å². The number of amides is 2. The number of hydrogen-bond donors (Lipinski definition) is 2. The van der Waals surface area contributed by atoms with Crippen LogP contribution in [0.4, 0.5) is 11.5 Å². The monoisotopic (exact) mass is 657 g/mol. The normalized spacial score (nSPS) is 19.5. The van der Waals surface area contributed by atoms with Gasteiger partial charge in [-0.25, -0.2) is 4.98 Å². The quantitative estimate of drug-likeness (QED) is 0.225. The second-order valence-corrected chi connectivity index (χ2v) is 13.4. The van der Waals surface area contributed by atoms with E-state index in [1.807, 2.05) is 73.5 Å². The van der Waals surface area contributed by atoms with E-state index < -0.39 is 6.04 Å². The molecule has 4 atom stereocenters. The number of anilines is 2. The summed E-state index contributed by atoms with van der Waals surface area (Å²) in [5, 5.41) is 14.7. The van der Waals surface area contributed by atoms with Crippen molar-refractivity contribution in [1.82, 2.24) is 34.8 Å². The maximum absolute atomic E-state index is 14.3. The lowest BCUT2D eigenvalue weighted by molar-refractivity contribution is -0.118. The van der Waals surface area contributed by atoms with Crippen molar-refractivity contribution < 1.29 is 14.3 Å². The van der Waals surface area contributed by atoms with E-state index in [0.717, 1.165) is 71.9 Å². The summed E-state index contributed by atoms with van der Waals surface area (Å²) >= 11 is 0. The summed E-state index contributed by atoms with van der Waals surface area (Å²) in [6.07, 6.45) is 10.2. The van der Waals surface area contributed by atoms with Gasteiger partial charge in [0, 0.05) is 49.6 Å². The lowest BCUT2D eigenvalue weighted by Gasteiger charge is -2.29. The van der Waals surface area contributed by atoms with Crippen LogP contribution in [0.2, 0.25) is 0 Å². The zero-order valence-electron chi connectivity index (χ0n) is 27.8. The van der Waals surface area contributed by atoms with Gasteiger partial charge in [-0.3, -0.25) is 23.9 Å². The van der Waals surface area contributed by atoms with Crippen LogP contribution in [0, 0.1) is 12.8 Å². The molecule has 49 heavy (non-hydrogen) atoms. The molecule has 250 valence electrons. The van der Waals surface area contributed by atoms with Crippen molar-refractivity contribution >= 4 is 23.3 Å². The molecule has 2 N–H and O–H groups in total. The molecule has 2 saturated heterocycles. The number of aryl methyl sites for hydroxylation is 3. The highest BCUT2D eigenvalue weighted by Gasteiger charge is 2.42. The molecular weight excluding hydrogens is 618 g/mol. The number of aromatic nitrogens is 6. The Labute approximate surface area is 284 Å². The van der Waals surface area contributed by atoms with E-state index in [0.29, 0.717) is 17.4 Å². The van der Waals surface area contributed by atoms with Gasteiger partial charge in [0.1, 0.15) is 17.6 Å². The molecule has 12 heteroatoms. The number of carbonyl (C=O) groups excluding carboxylic acids is 2. The fourth-order valence-corrected chi connectivity index (χ4v) is 7.43. The van der Waals surface area contributed by atoms with Gasteiger partial charge in [-0.2, -0.15) is 10.2 Å². The third kappa shape index (κ3) is 6.08. The number of carbonyl (C=O) groups is 2. The first-order valence-electron chi connectivity index (χ1n) is 16.8. The fourth-order valence-electron chi connectivity index (χ4n) is 7.43. The minimum Gasteiger partial charge on any atom is -0.374 e. The van der Waals surface area contributed by atoms with Crippen molar-refractivity contribution in [3.05, 3.63) is 96.2 Å². The molecule has 2 aliphatic heterocycles. The van der Waals surface area contributed by atoms with Crippen LogP contribution in [0.15, 0.2) is 79.4 Å². The summed E-state index contributed by atoms with van der Waals surface area (Å²) in [6.45, 7) is 3.57. The molecule has 2 unspecified atom stereocenters. The maximum atomic E-state index is 14.3. The van der Waals surface area contributed by atoms with Crippen LogP contribution in [0.5, 0.6) is 0 Å². The molecule has 12 nitrogen and oxygen atoms in total. The summed E-state index contributed by atoms with van der Waals surface area (Å²) in [4.78, 5) is 39.8. The maximum Gasteiger partial charge on any atom is 0.270 e. The summed E-state index contributed by atoms with van der Waals surface area (Å²) < 4.78 is 9.15. The highest BCUT2D eigenvalue weighted by Crippen LogP contribution is 2.45. The Morgan fingerprint density at radius 1 is 0.959 bits per heavy atom. The Morgan fingerprint density at radius 3 is 2.47 bits per heavy atom. The van der Waals surface area contributed by atoms with E-state index in [-0.39, 0.29) is 29.8 Å². The lowest BCUT2D eigenvalue weighted by atomic mass is 9.85. The fraction of sp³-hybridized carbons (Fsp3) is 0.351. The lowest BCUT2D eigenvalue weighted by Crippen LogP contribution is -2.48. The van der Waals surface area contributed by atoms with Crippen molar-refractivity contribution in [3.63, 3.8) is 0 Å². The second kappa shape index (κ2) is 12.6. The Kier molecular flexibility index (Phi) is 7.95. The average molecular weight is 658 g/mol. The predicted molar refractivity (Wildman–Crippen MR) is 185 cm³/mol. The first kappa shape index (κ1) is 30.9. The van der Waals surface area contributed by atoms with Crippen LogP contribution in [-0.2, 0) is 23.6 Å². The minimum atomic E-state index is -0.846. The number of morpholine rings is 1. The van der Waals surface area contributed by atoms with E-state index in [2.05, 4.69) is 36.8 Å². The van der Waals surface area contributed by atoms with E-state index in [9.17, 15) is 9.59 Å². The number of rotatable bonds is 10. The van der Waals surface area contributed by atoms with E-state index in [1.54, 1.807) is 25.5 Å². The van der Waals surface area contributed by atoms with Crippen molar-refractivity contribution in [3.8, 4) is 22.5 Å². The molecule has 2 aromatic carbocycles. The number of nitrogens with one attached hydrogen (secondary N) is 2. The molecule has 3 fully saturated rings. The Hall–Kier alpha value is -5.36. The van der Waals surface area contributed by atoms with Gasteiger partial charge >= 0.3 is 0 Å². The second-order valence-electron chi connectivity index (χ2n) is 13.4. The largest absolute Gasteiger partial charge is 0.374 e. The van der Waals surface area contributed by atoms with E-state index in [4.69, 9.17) is 9.72 Å². The van der Waals surface area contributed by atoms with Gasteiger partial charge in [0.25, 0.3) is 5.91 Å². The molecule has 3 aromatic heterocycles. The molecule has 2 bridgehead atoms. The molecule has 5 heterocycles. The summed E-state index contributed by atoms with van der Waals surface area (Å²) in [5.41, 5.74) is 6.76. The molecule has 1 saturated carbocycles. The van der Waals surface area contributed by atoms with Gasteiger partial charge in [0.2, 0.25) is 5.91 Å². The summed E-state index contributed by atoms with van der Waals surface area (Å²) in [7, 11) is 3.63. The van der Waals surface area contributed by atoms with Gasteiger partial charge in [0.05, 0.1) is 48.7 Å². The van der Waals surface area contributed by atoms with Crippen molar-refractivity contribution in [2.24, 2.45) is 20.0 Å². The van der Waals surface area contributed by atoms with Crippen LogP contribution in [-0.4, -0.2) is 72.7 Å². The Bertz CT molecular complexity index is 2000. The molecular formula is C37H39N9O3. The van der Waals surface area contributed by atoms with Gasteiger partial charge in [-0.15, -0.1) is 0 Å². The molecule has 3 aliphatic rings. The standard InChI is InChI=1S/C37H39N9O3/c1-22-17-40-45(3)35(22)24-9-11-27(12-10-24)41-37(48)34(43-36(47)31-13-14-39-44(31)2)33(23-7-8-23)26-6-4-5-25(15-26)30-18-38-19-32(42-30)46-20-29-16-28(46)21-49-29/h4-6,9-15,17-19,23,28-29,33-34H,7-8,16,20-21H2,1-3H3,(H,41,48)(H,43,47)/t28-,29-,33?,34?/m0/s1. The Morgan fingerprint density at radius 2 is 1.80 bits per heavy atom. The van der Waals surface area contributed by atoms with Crippen molar-refractivity contribution in [1.29, 1.82) is 0 Å². The van der Waals surface area contributed by atoms with E-state index in [1.165, 1.54) is 4.68 Å². The molecule has 0 radical (unpaired) electrons. The molecule has 5 aromatic rings. The van der Waals surface area contributed by atoms with Crippen molar-refractivity contribution in [2.45, 2.75) is 50.3 Å². The number of nitrogens with zero attached hydrogens (tertiary/aromatic N) is 7. The third-order valence-corrected chi connectivity index (χ3v) is 10.0. The number of benzene rings is 2. The molecule has 0 spiro atoms. The van der Waals surface area contributed by atoms with Gasteiger partial charge in [-0.1, -0.05) is 30.3 Å². The van der Waals surface area contributed by atoms with Crippen LogP contribution in [0.25, 0.3) is 22.5 Å². The number of ether oxygens (including phenoxy) is 1. The summed E-state index contributed by atoms with van der Waals surface area (Å²) in [6, 6.07) is 17.0. The van der Waals surface area contributed by atoms with Crippen LogP contribution >= 0.6 is 0 Å². The Balaban J connectivity index is 1.10. The van der Waals surface area contributed by atoms with Gasteiger partial charge in [-0.05, 0) is 67.5 Å². The smallest absolute Gasteiger partial charge is 0.270 e. The average Bonchev–Trinajstić information content (AvgIpc) is 3.39. The topological polar surface area (TPSA) is 132 Å². The SMILES string of the molecule is Cc1cnn(C)c1-c1ccc(NC(=O)C(NC(=O)c2ccnn2C)C(c2cccc(-c3cncc(N4C[C@@H]5C[C@H]4CO5)n3)c2)C2CC2)cc1. The summed E-state index contributed by atoms with van der Waals surface area (Å²) in [5.74, 6) is 0.172. The van der Waals surface area contributed by atoms with E-state index >= 15 is 0 Å². The number of fused-ring (bicyclic) bond motifs is 2. The molecule has 8 rings (SSSR count). The highest BCUT2D eigenvalue weighted by molar-refractivity contribution is 6.01. The van der Waals surface area contributed by atoms with Gasteiger partial charge in [0.15, 0.2) is 0 Å². The first-order chi connectivity index (χ1) is 23.8. The highest BCUT2D eigenvalue weighted by atomic mass is 16.5. The molecule has 1 aliphatic carbocycles.